The minimum atomic E-state index is -0.0132. The molecule has 1 aromatic carbocycles. The highest BCUT2D eigenvalue weighted by molar-refractivity contribution is 7.11. The highest BCUT2D eigenvalue weighted by Crippen LogP contribution is 2.31. The van der Waals surface area contributed by atoms with Crippen molar-refractivity contribution in [1.29, 1.82) is 0 Å². The van der Waals surface area contributed by atoms with Gasteiger partial charge in [0.25, 0.3) is 0 Å². The van der Waals surface area contributed by atoms with Crippen LogP contribution >= 0.6 is 11.3 Å². The Morgan fingerprint density at radius 2 is 2.29 bits per heavy atom. The van der Waals surface area contributed by atoms with Crippen LogP contribution in [0.1, 0.15) is 22.4 Å². The van der Waals surface area contributed by atoms with E-state index in [1.807, 2.05) is 36.2 Å². The van der Waals surface area contributed by atoms with Gasteiger partial charge in [-0.05, 0) is 31.9 Å². The van der Waals surface area contributed by atoms with E-state index in [2.05, 4.69) is 23.3 Å². The van der Waals surface area contributed by atoms with Gasteiger partial charge in [-0.25, -0.2) is 9.78 Å². The summed E-state index contributed by atoms with van der Waals surface area (Å²) < 4.78 is 0. The minimum Gasteiger partial charge on any atom is -0.337 e. The maximum absolute atomic E-state index is 12.4. The Morgan fingerprint density at radius 1 is 1.48 bits per heavy atom. The Hall–Kier alpha value is -1.88. The average Bonchev–Trinajstić information content (AvgIpc) is 3.01. The van der Waals surface area contributed by atoms with Crippen LogP contribution < -0.4 is 10.2 Å². The van der Waals surface area contributed by atoms with Gasteiger partial charge in [-0.3, -0.25) is 4.90 Å². The molecule has 0 saturated heterocycles. The summed E-state index contributed by atoms with van der Waals surface area (Å²) in [6.45, 7) is 4.75. The highest BCUT2D eigenvalue weighted by Gasteiger charge is 2.30. The first-order valence-corrected chi connectivity index (χ1v) is 8.03. The summed E-state index contributed by atoms with van der Waals surface area (Å²) in [4.78, 5) is 19.8. The van der Waals surface area contributed by atoms with Crippen LogP contribution in [0.4, 0.5) is 10.5 Å². The number of para-hydroxylation sites is 1. The van der Waals surface area contributed by atoms with E-state index in [9.17, 15) is 4.79 Å². The van der Waals surface area contributed by atoms with Crippen molar-refractivity contribution in [3.63, 3.8) is 0 Å². The topological polar surface area (TPSA) is 45.2 Å². The van der Waals surface area contributed by atoms with Crippen LogP contribution in [0, 0.1) is 6.92 Å². The van der Waals surface area contributed by atoms with Crippen molar-refractivity contribution in [3.8, 4) is 0 Å². The van der Waals surface area contributed by atoms with Crippen molar-refractivity contribution in [2.24, 2.45) is 0 Å². The number of urea groups is 1. The fraction of sp³-hybridized carbons (Fsp3) is 0.375. The number of benzene rings is 1. The van der Waals surface area contributed by atoms with Gasteiger partial charge in [0.05, 0.1) is 5.01 Å². The largest absolute Gasteiger partial charge is 0.337 e. The van der Waals surface area contributed by atoms with Crippen molar-refractivity contribution in [3.05, 3.63) is 45.9 Å². The van der Waals surface area contributed by atoms with Crippen molar-refractivity contribution < 1.29 is 4.79 Å². The molecule has 2 amide bonds. The van der Waals surface area contributed by atoms with Crippen LogP contribution in [0.15, 0.2) is 30.5 Å². The van der Waals surface area contributed by atoms with Crippen molar-refractivity contribution in [2.45, 2.75) is 32.7 Å². The Morgan fingerprint density at radius 3 is 3.05 bits per heavy atom. The molecule has 0 spiro atoms. The zero-order valence-electron chi connectivity index (χ0n) is 12.3. The van der Waals surface area contributed by atoms with Crippen LogP contribution in [0.3, 0.4) is 0 Å². The quantitative estimate of drug-likeness (QED) is 0.946. The van der Waals surface area contributed by atoms with Gasteiger partial charge in [-0.2, -0.15) is 0 Å². The molecular weight excluding hydrogens is 282 g/mol. The molecular formula is C16H19N3OS. The van der Waals surface area contributed by atoms with Crippen molar-refractivity contribution >= 4 is 23.1 Å². The second-order valence-corrected chi connectivity index (χ2v) is 6.72. The summed E-state index contributed by atoms with van der Waals surface area (Å²) in [7, 11) is 0. The van der Waals surface area contributed by atoms with Crippen LogP contribution in [-0.2, 0) is 12.8 Å². The molecule has 1 aromatic heterocycles. The van der Waals surface area contributed by atoms with E-state index in [1.54, 1.807) is 11.3 Å². The number of nitrogens with one attached hydrogen (secondary N) is 1. The molecule has 1 aliphatic rings. The van der Waals surface area contributed by atoms with Crippen LogP contribution in [0.25, 0.3) is 0 Å². The summed E-state index contributed by atoms with van der Waals surface area (Å²) in [6, 6.07) is 8.32. The lowest BCUT2D eigenvalue weighted by atomic mass is 10.1. The first-order valence-electron chi connectivity index (χ1n) is 7.21. The zero-order valence-corrected chi connectivity index (χ0v) is 13.1. The number of anilines is 1. The molecule has 21 heavy (non-hydrogen) atoms. The fourth-order valence-electron chi connectivity index (χ4n) is 2.75. The number of carbonyl (C=O) groups excluding carboxylic acids is 1. The number of nitrogens with zero attached hydrogens (tertiary/aromatic N) is 2. The second kappa shape index (κ2) is 5.85. The molecule has 0 bridgehead atoms. The van der Waals surface area contributed by atoms with E-state index in [0.717, 1.165) is 23.5 Å². The number of fused-ring (bicyclic) bond motifs is 1. The van der Waals surface area contributed by atoms with E-state index < -0.39 is 0 Å². The molecule has 0 saturated carbocycles. The van der Waals surface area contributed by atoms with Gasteiger partial charge in [0.15, 0.2) is 0 Å². The smallest absolute Gasteiger partial charge is 0.322 e. The molecule has 1 aliphatic heterocycles. The van der Waals surface area contributed by atoms with Crippen molar-refractivity contribution in [2.75, 3.05) is 11.4 Å². The fourth-order valence-corrected chi connectivity index (χ4v) is 3.54. The molecule has 3 rings (SSSR count). The Balaban J connectivity index is 1.60. The summed E-state index contributed by atoms with van der Waals surface area (Å²) >= 11 is 1.68. The van der Waals surface area contributed by atoms with Gasteiger partial charge in [0, 0.05) is 35.8 Å². The number of hydrogen-bond acceptors (Lipinski definition) is 3. The second-order valence-electron chi connectivity index (χ2n) is 5.40. The van der Waals surface area contributed by atoms with Crippen LogP contribution in [-0.4, -0.2) is 23.6 Å². The molecule has 0 aliphatic carbocycles. The molecule has 0 radical (unpaired) electrons. The zero-order chi connectivity index (χ0) is 14.8. The van der Waals surface area contributed by atoms with E-state index >= 15 is 0 Å². The molecule has 4 nitrogen and oxygen atoms in total. The van der Waals surface area contributed by atoms with Gasteiger partial charge in [-0.15, -0.1) is 11.3 Å². The standard InChI is InChI=1S/C16H19N3OS/c1-11-9-13-5-3-4-6-14(13)19(11)16(20)17-8-7-15-18-10-12(2)21-15/h3-6,10-11H,7-9H2,1-2H3,(H,17,20)/t11-/m0/s1. The lowest BCUT2D eigenvalue weighted by Gasteiger charge is -2.23. The lowest BCUT2D eigenvalue weighted by Crippen LogP contribution is -2.43. The number of amides is 2. The SMILES string of the molecule is Cc1cnc(CCNC(=O)N2c3ccccc3C[C@@H]2C)s1. The van der Waals surface area contributed by atoms with Gasteiger partial charge in [0.2, 0.25) is 0 Å². The van der Waals surface area contributed by atoms with Crippen molar-refractivity contribution in [1.82, 2.24) is 10.3 Å². The number of rotatable bonds is 3. The molecule has 0 fully saturated rings. The van der Waals surface area contributed by atoms with Crippen LogP contribution in [0.2, 0.25) is 0 Å². The summed E-state index contributed by atoms with van der Waals surface area (Å²) in [5.74, 6) is 0. The van der Waals surface area contributed by atoms with Gasteiger partial charge in [0.1, 0.15) is 0 Å². The predicted molar refractivity (Wildman–Crippen MR) is 86.0 cm³/mol. The summed E-state index contributed by atoms with van der Waals surface area (Å²) in [5, 5.41) is 4.08. The molecule has 1 N–H and O–H groups in total. The third kappa shape index (κ3) is 2.93. The first-order chi connectivity index (χ1) is 10.1. The van der Waals surface area contributed by atoms with Crippen LogP contribution in [0.5, 0.6) is 0 Å². The number of hydrogen-bond donors (Lipinski definition) is 1. The normalized spacial score (nSPS) is 16.9. The number of aryl methyl sites for hydroxylation is 1. The van der Waals surface area contributed by atoms with E-state index in [1.165, 1.54) is 10.4 Å². The summed E-state index contributed by atoms with van der Waals surface area (Å²) in [5.41, 5.74) is 2.28. The molecule has 5 heteroatoms. The Labute approximate surface area is 128 Å². The minimum absolute atomic E-state index is 0.0132. The highest BCUT2D eigenvalue weighted by atomic mass is 32.1. The third-order valence-corrected chi connectivity index (χ3v) is 4.68. The number of aromatic nitrogens is 1. The van der Waals surface area contributed by atoms with Gasteiger partial charge in [-0.1, -0.05) is 18.2 Å². The summed E-state index contributed by atoms with van der Waals surface area (Å²) in [6.07, 6.45) is 3.59. The third-order valence-electron chi connectivity index (χ3n) is 3.71. The number of carbonyl (C=O) groups is 1. The molecule has 2 aromatic rings. The molecule has 0 unspecified atom stereocenters. The monoisotopic (exact) mass is 301 g/mol. The first kappa shape index (κ1) is 14.1. The van der Waals surface area contributed by atoms with E-state index in [4.69, 9.17) is 0 Å². The maximum atomic E-state index is 12.4. The molecule has 1 atom stereocenters. The lowest BCUT2D eigenvalue weighted by molar-refractivity contribution is 0.245. The van der Waals surface area contributed by atoms with E-state index in [-0.39, 0.29) is 12.1 Å². The predicted octanol–water partition coefficient (Wildman–Crippen LogP) is 3.15. The molecule has 2 heterocycles. The number of thiazole rings is 1. The molecule has 110 valence electrons. The maximum Gasteiger partial charge on any atom is 0.322 e. The Kier molecular flexibility index (Phi) is 3.92. The van der Waals surface area contributed by atoms with Gasteiger partial charge >= 0.3 is 6.03 Å². The average molecular weight is 301 g/mol. The van der Waals surface area contributed by atoms with Gasteiger partial charge < -0.3 is 5.32 Å². The van der Waals surface area contributed by atoms with E-state index in [0.29, 0.717) is 6.54 Å². The Bertz CT molecular complexity index is 652.